The maximum absolute atomic E-state index is 13.2. The minimum Gasteiger partial charge on any atom is -0.379 e. The van der Waals surface area contributed by atoms with E-state index >= 15 is 0 Å². The van der Waals surface area contributed by atoms with Gasteiger partial charge in [0.05, 0.1) is 17.2 Å². The first kappa shape index (κ1) is 18.1. The molecule has 0 aliphatic rings. The Morgan fingerprint density at radius 1 is 1.35 bits per heavy atom. The molecule has 0 aliphatic carbocycles. The fraction of sp³-hybridized carbons (Fsp3) is 0.167. The quantitative estimate of drug-likeness (QED) is 0.598. The molecule has 3 N–H and O–H groups in total. The van der Waals surface area contributed by atoms with Gasteiger partial charge in [0, 0.05) is 16.3 Å². The fourth-order valence-electron chi connectivity index (χ4n) is 2.26. The topological polar surface area (TPSA) is 95.1 Å². The first-order valence-electron chi connectivity index (χ1n) is 7.75. The average molecular weight is 373 g/mol. The Balaban J connectivity index is 1.71. The summed E-state index contributed by atoms with van der Waals surface area (Å²) in [5.41, 5.74) is -1.13. The first-order valence-corrected chi connectivity index (χ1v) is 8.73. The van der Waals surface area contributed by atoms with Crippen LogP contribution < -0.4 is 10.9 Å². The molecule has 0 saturated carbocycles. The summed E-state index contributed by atoms with van der Waals surface area (Å²) in [5, 5.41) is 13.4. The van der Waals surface area contributed by atoms with E-state index < -0.39 is 11.5 Å². The van der Waals surface area contributed by atoms with E-state index in [9.17, 15) is 19.1 Å². The molecule has 1 atom stereocenters. The lowest BCUT2D eigenvalue weighted by Crippen LogP contribution is -2.42. The van der Waals surface area contributed by atoms with Crippen LogP contribution in [0.1, 0.15) is 6.92 Å². The summed E-state index contributed by atoms with van der Waals surface area (Å²) >= 11 is 1.17. The number of nitrogens with zero attached hydrogens (tertiary/aromatic N) is 1. The monoisotopic (exact) mass is 373 g/mol. The Morgan fingerprint density at radius 2 is 2.15 bits per heavy atom. The van der Waals surface area contributed by atoms with Gasteiger partial charge in [-0.1, -0.05) is 6.07 Å². The predicted molar refractivity (Wildman–Crippen MR) is 98.7 cm³/mol. The van der Waals surface area contributed by atoms with Crippen LogP contribution in [-0.4, -0.2) is 32.3 Å². The van der Waals surface area contributed by atoms with Crippen molar-refractivity contribution in [3.8, 4) is 0 Å². The third-order valence-electron chi connectivity index (χ3n) is 3.70. The van der Waals surface area contributed by atoms with Crippen LogP contribution in [0.25, 0.3) is 10.9 Å². The van der Waals surface area contributed by atoms with Crippen LogP contribution in [0.2, 0.25) is 0 Å². The molecule has 8 heteroatoms. The molecule has 0 spiro atoms. The number of amides is 1. The highest BCUT2D eigenvalue weighted by Crippen LogP contribution is 2.24. The second kappa shape index (κ2) is 7.27. The Bertz CT molecular complexity index is 1020. The van der Waals surface area contributed by atoms with E-state index in [4.69, 9.17) is 0 Å². The lowest BCUT2D eigenvalue weighted by Gasteiger charge is -2.22. The van der Waals surface area contributed by atoms with Crippen molar-refractivity contribution >= 4 is 34.3 Å². The van der Waals surface area contributed by atoms with Crippen LogP contribution in [0.3, 0.4) is 0 Å². The number of anilines is 1. The molecule has 3 rings (SSSR count). The Kier molecular flexibility index (Phi) is 5.06. The van der Waals surface area contributed by atoms with Gasteiger partial charge in [-0.15, -0.1) is 11.8 Å². The number of nitrogens with one attached hydrogen (secondary N) is 2. The molecule has 3 aromatic rings. The van der Waals surface area contributed by atoms with E-state index in [1.165, 1.54) is 43.2 Å². The number of aromatic amines is 1. The molecule has 134 valence electrons. The molecule has 1 aromatic heterocycles. The molecule has 1 heterocycles. The lowest BCUT2D eigenvalue weighted by atomic mass is 10.1. The van der Waals surface area contributed by atoms with Crippen molar-refractivity contribution in [3.05, 3.63) is 65.0 Å². The van der Waals surface area contributed by atoms with E-state index in [1.54, 1.807) is 24.3 Å². The normalized spacial score (nSPS) is 13.3. The molecule has 0 fully saturated rings. The number of rotatable bonds is 5. The van der Waals surface area contributed by atoms with E-state index in [0.717, 1.165) is 0 Å². The Morgan fingerprint density at radius 3 is 2.92 bits per heavy atom. The van der Waals surface area contributed by atoms with Gasteiger partial charge in [0.2, 0.25) is 0 Å². The minimum absolute atomic E-state index is 0.0397. The zero-order chi connectivity index (χ0) is 18.7. The van der Waals surface area contributed by atoms with Crippen molar-refractivity contribution in [3.63, 3.8) is 0 Å². The number of aliphatic hydroxyl groups is 1. The number of halogens is 1. The van der Waals surface area contributed by atoms with Gasteiger partial charge in [-0.25, -0.2) is 9.37 Å². The predicted octanol–water partition coefficient (Wildman–Crippen LogP) is 2.54. The summed E-state index contributed by atoms with van der Waals surface area (Å²) in [6, 6.07) is 10.6. The van der Waals surface area contributed by atoms with Crippen LogP contribution in [-0.2, 0) is 4.79 Å². The van der Waals surface area contributed by atoms with Crippen LogP contribution >= 0.6 is 11.8 Å². The standard InChI is InChI=1S/C18H16FN3O3S/c1-18(25,9-26-13-4-2-3-11(19)7-13)17(24)22-12-5-6-15-14(8-12)16(23)21-10-20-15/h2-8,10,25H,9H2,1H3,(H,22,24)(H,20,21,23). The number of carbonyl (C=O) groups is 1. The summed E-state index contributed by atoms with van der Waals surface area (Å²) in [7, 11) is 0. The number of hydrogen-bond donors (Lipinski definition) is 3. The molecule has 0 aliphatic heterocycles. The zero-order valence-corrected chi connectivity index (χ0v) is 14.6. The molecule has 1 amide bonds. The van der Waals surface area contributed by atoms with Gasteiger partial charge in [0.1, 0.15) is 11.4 Å². The fourth-order valence-corrected chi connectivity index (χ4v) is 3.21. The van der Waals surface area contributed by atoms with Crippen molar-refractivity contribution in [1.82, 2.24) is 9.97 Å². The summed E-state index contributed by atoms with van der Waals surface area (Å²) in [5.74, 6) is -0.965. The molecule has 2 aromatic carbocycles. The lowest BCUT2D eigenvalue weighted by molar-refractivity contribution is -0.130. The number of carbonyl (C=O) groups excluding carboxylic acids is 1. The molecule has 1 unspecified atom stereocenters. The van der Waals surface area contributed by atoms with Crippen molar-refractivity contribution in [2.24, 2.45) is 0 Å². The van der Waals surface area contributed by atoms with Gasteiger partial charge in [0.25, 0.3) is 11.5 Å². The molecular formula is C18H16FN3O3S. The second-order valence-corrected chi connectivity index (χ2v) is 6.99. The summed E-state index contributed by atoms with van der Waals surface area (Å²) in [6.07, 6.45) is 1.30. The summed E-state index contributed by atoms with van der Waals surface area (Å²) < 4.78 is 13.2. The van der Waals surface area contributed by atoms with Crippen LogP contribution in [0.4, 0.5) is 10.1 Å². The SMILES string of the molecule is CC(O)(CSc1cccc(F)c1)C(=O)Nc1ccc2nc[nH]c(=O)c2c1. The molecule has 0 radical (unpaired) electrons. The number of fused-ring (bicyclic) bond motifs is 1. The van der Waals surface area contributed by atoms with Crippen molar-refractivity contribution < 1.29 is 14.3 Å². The van der Waals surface area contributed by atoms with Crippen LogP contribution in [0.15, 0.2) is 58.5 Å². The molecular weight excluding hydrogens is 357 g/mol. The number of aromatic nitrogens is 2. The van der Waals surface area contributed by atoms with Gasteiger partial charge in [-0.05, 0) is 43.3 Å². The molecule has 0 saturated heterocycles. The average Bonchev–Trinajstić information content (AvgIpc) is 2.61. The maximum atomic E-state index is 13.2. The van der Waals surface area contributed by atoms with Crippen molar-refractivity contribution in [2.75, 3.05) is 11.1 Å². The molecule has 6 nitrogen and oxygen atoms in total. The number of benzene rings is 2. The Labute approximate surface area is 152 Å². The van der Waals surface area contributed by atoms with E-state index in [0.29, 0.717) is 21.5 Å². The van der Waals surface area contributed by atoms with E-state index in [-0.39, 0.29) is 17.1 Å². The number of H-pyrrole nitrogens is 1. The third-order valence-corrected chi connectivity index (χ3v) is 5.00. The Hall–Kier alpha value is -2.71. The van der Waals surface area contributed by atoms with Crippen molar-refractivity contribution in [1.29, 1.82) is 0 Å². The summed E-state index contributed by atoms with van der Waals surface area (Å²) in [6.45, 7) is 1.38. The van der Waals surface area contributed by atoms with E-state index in [2.05, 4.69) is 15.3 Å². The van der Waals surface area contributed by atoms with Gasteiger partial charge < -0.3 is 15.4 Å². The minimum atomic E-state index is -1.69. The largest absolute Gasteiger partial charge is 0.379 e. The number of thioether (sulfide) groups is 1. The van der Waals surface area contributed by atoms with E-state index in [1.807, 2.05) is 0 Å². The molecule has 0 bridgehead atoms. The van der Waals surface area contributed by atoms with Gasteiger partial charge >= 0.3 is 0 Å². The second-order valence-electron chi connectivity index (χ2n) is 5.94. The van der Waals surface area contributed by atoms with Crippen LogP contribution in [0, 0.1) is 5.82 Å². The highest BCUT2D eigenvalue weighted by atomic mass is 32.2. The smallest absolute Gasteiger partial charge is 0.258 e. The third kappa shape index (κ3) is 4.09. The number of hydrogen-bond acceptors (Lipinski definition) is 5. The highest BCUT2D eigenvalue weighted by molar-refractivity contribution is 7.99. The first-order chi connectivity index (χ1) is 12.3. The van der Waals surface area contributed by atoms with Crippen molar-refractivity contribution in [2.45, 2.75) is 17.4 Å². The zero-order valence-electron chi connectivity index (χ0n) is 13.8. The summed E-state index contributed by atoms with van der Waals surface area (Å²) in [4.78, 5) is 31.3. The van der Waals surface area contributed by atoms with Crippen LogP contribution in [0.5, 0.6) is 0 Å². The van der Waals surface area contributed by atoms with Gasteiger partial charge in [-0.2, -0.15) is 0 Å². The van der Waals surface area contributed by atoms with Gasteiger partial charge in [-0.3, -0.25) is 9.59 Å². The highest BCUT2D eigenvalue weighted by Gasteiger charge is 2.30. The molecule has 26 heavy (non-hydrogen) atoms. The van der Waals surface area contributed by atoms with Gasteiger partial charge in [0.15, 0.2) is 0 Å². The maximum Gasteiger partial charge on any atom is 0.258 e.